The van der Waals surface area contributed by atoms with Crippen molar-refractivity contribution in [3.8, 4) is 11.5 Å². The average molecular weight is 416 g/mol. The predicted octanol–water partition coefficient (Wildman–Crippen LogP) is 3.96. The topological polar surface area (TPSA) is 56.8 Å². The van der Waals surface area contributed by atoms with Gasteiger partial charge >= 0.3 is 0 Å². The van der Waals surface area contributed by atoms with E-state index in [2.05, 4.69) is 5.32 Å². The maximum atomic E-state index is 11.7. The summed E-state index contributed by atoms with van der Waals surface area (Å²) >= 11 is 6.24. The maximum absolute atomic E-state index is 11.7. The molecule has 0 unspecified atom stereocenters. The quantitative estimate of drug-likeness (QED) is 0.380. The van der Waals surface area contributed by atoms with E-state index in [1.807, 2.05) is 55.5 Å². The normalized spacial score (nSPS) is 15.0. The highest BCUT2D eigenvalue weighted by Crippen LogP contribution is 2.26. The number of ether oxygens (including phenoxy) is 3. The SMILES string of the molecule is Cc1ccc(OCCOCCOc2ccc(C=C3SC(=S)NC3=O)cc2)cc1. The molecule has 2 aromatic carbocycles. The van der Waals surface area contributed by atoms with Crippen LogP contribution < -0.4 is 14.8 Å². The van der Waals surface area contributed by atoms with Gasteiger partial charge in [0.1, 0.15) is 29.0 Å². The number of thiocarbonyl (C=S) groups is 1. The predicted molar refractivity (Wildman–Crippen MR) is 116 cm³/mol. The number of carbonyl (C=O) groups excluding carboxylic acids is 1. The molecule has 1 aliphatic rings. The summed E-state index contributed by atoms with van der Waals surface area (Å²) in [6, 6.07) is 15.4. The van der Waals surface area contributed by atoms with Crippen LogP contribution in [0.2, 0.25) is 0 Å². The van der Waals surface area contributed by atoms with Gasteiger partial charge in [0.15, 0.2) is 0 Å². The maximum Gasteiger partial charge on any atom is 0.263 e. The fraction of sp³-hybridized carbons (Fsp3) is 0.238. The van der Waals surface area contributed by atoms with Crippen LogP contribution in [0, 0.1) is 6.92 Å². The molecule has 7 heteroatoms. The fourth-order valence-corrected chi connectivity index (χ4v) is 3.45. The Hall–Kier alpha value is -2.35. The van der Waals surface area contributed by atoms with Crippen molar-refractivity contribution < 1.29 is 19.0 Å². The summed E-state index contributed by atoms with van der Waals surface area (Å²) in [6.07, 6.45) is 1.81. The van der Waals surface area contributed by atoms with Gasteiger partial charge in [-0.25, -0.2) is 0 Å². The first-order chi connectivity index (χ1) is 13.6. The van der Waals surface area contributed by atoms with Crippen LogP contribution in [-0.4, -0.2) is 36.7 Å². The van der Waals surface area contributed by atoms with Crippen LogP contribution >= 0.6 is 24.0 Å². The van der Waals surface area contributed by atoms with E-state index < -0.39 is 0 Å². The lowest BCUT2D eigenvalue weighted by molar-refractivity contribution is -0.115. The molecule has 0 atom stereocenters. The summed E-state index contributed by atoms with van der Waals surface area (Å²) in [5.74, 6) is 1.44. The molecule has 0 bridgehead atoms. The van der Waals surface area contributed by atoms with E-state index in [9.17, 15) is 4.79 Å². The first-order valence-corrected chi connectivity index (χ1v) is 10.1. The number of rotatable bonds is 9. The Morgan fingerprint density at radius 3 is 2.04 bits per heavy atom. The number of amides is 1. The van der Waals surface area contributed by atoms with Gasteiger partial charge in [0, 0.05) is 0 Å². The average Bonchev–Trinajstić information content (AvgIpc) is 3.00. The van der Waals surface area contributed by atoms with E-state index in [-0.39, 0.29) is 5.91 Å². The second-order valence-corrected chi connectivity index (χ2v) is 7.76. The molecule has 1 saturated heterocycles. The van der Waals surface area contributed by atoms with Crippen molar-refractivity contribution in [2.45, 2.75) is 6.92 Å². The molecule has 28 heavy (non-hydrogen) atoms. The molecule has 2 aromatic rings. The van der Waals surface area contributed by atoms with Crippen LogP contribution in [0.3, 0.4) is 0 Å². The van der Waals surface area contributed by atoms with Gasteiger partial charge in [0.2, 0.25) is 0 Å². The summed E-state index contributed by atoms with van der Waals surface area (Å²) in [6.45, 7) is 3.99. The summed E-state index contributed by atoms with van der Waals surface area (Å²) in [4.78, 5) is 12.3. The van der Waals surface area contributed by atoms with Gasteiger partial charge in [-0.15, -0.1) is 0 Å². The van der Waals surface area contributed by atoms with Gasteiger partial charge in [0.05, 0.1) is 18.1 Å². The molecule has 146 valence electrons. The molecular weight excluding hydrogens is 394 g/mol. The zero-order valence-electron chi connectivity index (χ0n) is 15.5. The van der Waals surface area contributed by atoms with Crippen molar-refractivity contribution in [3.05, 3.63) is 64.6 Å². The van der Waals surface area contributed by atoms with E-state index in [4.69, 9.17) is 26.4 Å². The lowest BCUT2D eigenvalue weighted by atomic mass is 10.2. The Labute approximate surface area is 174 Å². The molecule has 1 fully saturated rings. The van der Waals surface area contributed by atoms with E-state index >= 15 is 0 Å². The monoisotopic (exact) mass is 415 g/mol. The zero-order valence-corrected chi connectivity index (χ0v) is 17.1. The number of hydrogen-bond donors (Lipinski definition) is 1. The van der Waals surface area contributed by atoms with Crippen molar-refractivity contribution in [2.75, 3.05) is 26.4 Å². The van der Waals surface area contributed by atoms with Crippen LogP contribution in [0.15, 0.2) is 53.4 Å². The molecule has 1 amide bonds. The molecule has 0 spiro atoms. The molecule has 0 aliphatic carbocycles. The number of thioether (sulfide) groups is 1. The Balaban J connectivity index is 1.32. The van der Waals surface area contributed by atoms with E-state index in [1.165, 1.54) is 17.3 Å². The van der Waals surface area contributed by atoms with Gasteiger partial charge in [-0.1, -0.05) is 53.8 Å². The first-order valence-electron chi connectivity index (χ1n) is 8.85. The Bertz CT molecular complexity index is 848. The molecule has 0 radical (unpaired) electrons. The Morgan fingerprint density at radius 2 is 1.50 bits per heavy atom. The molecule has 5 nitrogen and oxygen atoms in total. The highest BCUT2D eigenvalue weighted by atomic mass is 32.2. The van der Waals surface area contributed by atoms with Crippen molar-refractivity contribution in [1.29, 1.82) is 0 Å². The smallest absolute Gasteiger partial charge is 0.263 e. The Morgan fingerprint density at radius 1 is 0.929 bits per heavy atom. The third-order valence-corrected chi connectivity index (χ3v) is 5.00. The van der Waals surface area contributed by atoms with Gasteiger partial charge in [-0.3, -0.25) is 4.79 Å². The van der Waals surface area contributed by atoms with Crippen molar-refractivity contribution in [2.24, 2.45) is 0 Å². The molecule has 1 aliphatic heterocycles. The van der Waals surface area contributed by atoms with Gasteiger partial charge in [-0.2, -0.15) is 0 Å². The number of nitrogens with one attached hydrogen (secondary N) is 1. The van der Waals surface area contributed by atoms with Crippen molar-refractivity contribution >= 4 is 40.3 Å². The minimum Gasteiger partial charge on any atom is -0.491 e. The van der Waals surface area contributed by atoms with Crippen molar-refractivity contribution in [3.63, 3.8) is 0 Å². The van der Waals surface area contributed by atoms with E-state index in [0.717, 1.165) is 17.1 Å². The van der Waals surface area contributed by atoms with Crippen LogP contribution in [0.5, 0.6) is 11.5 Å². The van der Waals surface area contributed by atoms with Crippen LogP contribution in [-0.2, 0) is 9.53 Å². The van der Waals surface area contributed by atoms with Crippen LogP contribution in [0.1, 0.15) is 11.1 Å². The molecule has 0 aromatic heterocycles. The fourth-order valence-electron chi connectivity index (χ4n) is 2.41. The second-order valence-electron chi connectivity index (χ2n) is 6.04. The molecule has 0 saturated carbocycles. The highest BCUT2D eigenvalue weighted by Gasteiger charge is 2.21. The van der Waals surface area contributed by atoms with Crippen molar-refractivity contribution in [1.82, 2.24) is 5.32 Å². The molecule has 3 rings (SSSR count). The standard InChI is InChI=1S/C21H21NO4S2/c1-15-2-6-17(7-3-15)25-12-10-24-11-13-26-18-8-4-16(5-9-18)14-19-20(23)22-21(27)28-19/h2-9,14H,10-13H2,1H3,(H,22,23,27). The first kappa shape index (κ1) is 20.4. The summed E-state index contributed by atoms with van der Waals surface area (Å²) in [7, 11) is 0. The minimum absolute atomic E-state index is 0.154. The molecule has 1 heterocycles. The Kier molecular flexibility index (Phi) is 7.47. The number of benzene rings is 2. The summed E-state index contributed by atoms with van der Waals surface area (Å²) in [5, 5.41) is 2.60. The molecule has 1 N–H and O–H groups in total. The number of aryl methyl sites for hydroxylation is 1. The van der Waals surface area contributed by atoms with Gasteiger partial charge in [-0.05, 0) is 42.8 Å². The third-order valence-electron chi connectivity index (χ3n) is 3.83. The summed E-state index contributed by atoms with van der Waals surface area (Å²) < 4.78 is 17.3. The van der Waals surface area contributed by atoms with E-state index in [0.29, 0.717) is 35.7 Å². The van der Waals surface area contributed by atoms with E-state index in [1.54, 1.807) is 6.08 Å². The second kappa shape index (κ2) is 10.3. The third kappa shape index (κ3) is 6.37. The summed E-state index contributed by atoms with van der Waals surface area (Å²) in [5.41, 5.74) is 2.12. The largest absolute Gasteiger partial charge is 0.491 e. The highest BCUT2D eigenvalue weighted by molar-refractivity contribution is 8.26. The van der Waals surface area contributed by atoms with Gasteiger partial charge < -0.3 is 19.5 Å². The van der Waals surface area contributed by atoms with Crippen LogP contribution in [0.25, 0.3) is 6.08 Å². The van der Waals surface area contributed by atoms with Gasteiger partial charge in [0.25, 0.3) is 5.91 Å². The minimum atomic E-state index is -0.154. The number of carbonyl (C=O) groups is 1. The van der Waals surface area contributed by atoms with Crippen LogP contribution in [0.4, 0.5) is 0 Å². The lowest BCUT2D eigenvalue weighted by Gasteiger charge is -2.09. The lowest BCUT2D eigenvalue weighted by Crippen LogP contribution is -2.17. The molecular formula is C21H21NO4S2. The zero-order chi connectivity index (χ0) is 19.8. The number of hydrogen-bond acceptors (Lipinski definition) is 6.